The van der Waals surface area contributed by atoms with Gasteiger partial charge >= 0.3 is 0 Å². The first-order chi connectivity index (χ1) is 14.7. The van der Waals surface area contributed by atoms with Crippen molar-refractivity contribution in [2.24, 2.45) is 0 Å². The van der Waals surface area contributed by atoms with Crippen LogP contribution in [0.4, 0.5) is 8.78 Å². The second-order valence-corrected chi connectivity index (χ2v) is 6.57. The van der Waals surface area contributed by atoms with Crippen LogP contribution >= 0.6 is 0 Å². The Hall–Kier alpha value is -3.73. The van der Waals surface area contributed by atoms with Gasteiger partial charge in [0.05, 0.1) is 11.1 Å². The van der Waals surface area contributed by atoms with Gasteiger partial charge in [-0.2, -0.15) is 4.98 Å². The molecule has 4 rings (SSSR count). The van der Waals surface area contributed by atoms with Crippen molar-refractivity contribution in [3.63, 3.8) is 0 Å². The summed E-state index contributed by atoms with van der Waals surface area (Å²) in [4.78, 5) is 4.37. The molecule has 0 aliphatic carbocycles. The van der Waals surface area contributed by atoms with Crippen molar-refractivity contribution in [3.8, 4) is 22.9 Å². The van der Waals surface area contributed by atoms with E-state index in [0.29, 0.717) is 12.5 Å². The topological polar surface area (TPSA) is 31.4 Å². The van der Waals surface area contributed by atoms with Crippen LogP contribution < -0.4 is 9.47 Å². The third-order valence-corrected chi connectivity index (χ3v) is 4.45. The number of nitrogens with zero attached hydrogens (tertiary/aromatic N) is 1. The van der Waals surface area contributed by atoms with Gasteiger partial charge in [0.2, 0.25) is 11.8 Å². The summed E-state index contributed by atoms with van der Waals surface area (Å²) in [5, 5.41) is 0. The zero-order valence-corrected chi connectivity index (χ0v) is 16.0. The summed E-state index contributed by atoms with van der Waals surface area (Å²) in [6.45, 7) is 0.510. The Bertz CT molecular complexity index is 1100. The Morgan fingerprint density at radius 3 is 2.00 bits per heavy atom. The standard InChI is InChI=1S/C25H18F2NO2/c26-21-12-7-13-22(27)24(21)20-14-15-23(29-16-18-8-3-1-4-9-18)28-25(20)30-17-19-10-5-2-6-11-19/h1-12,14-15H,16-17H2. The highest BCUT2D eigenvalue weighted by molar-refractivity contribution is 5.70. The van der Waals surface area contributed by atoms with E-state index in [1.165, 1.54) is 6.07 Å². The molecule has 5 heteroatoms. The van der Waals surface area contributed by atoms with Crippen LogP contribution in [-0.4, -0.2) is 4.98 Å². The largest absolute Gasteiger partial charge is 0.473 e. The quantitative estimate of drug-likeness (QED) is 0.381. The molecule has 0 saturated heterocycles. The second-order valence-electron chi connectivity index (χ2n) is 6.57. The van der Waals surface area contributed by atoms with Crippen molar-refractivity contribution in [1.29, 1.82) is 0 Å². The summed E-state index contributed by atoms with van der Waals surface area (Å²) in [6, 6.07) is 26.9. The van der Waals surface area contributed by atoms with Crippen molar-refractivity contribution in [2.45, 2.75) is 13.2 Å². The maximum atomic E-state index is 14.4. The lowest BCUT2D eigenvalue weighted by atomic mass is 10.1. The van der Waals surface area contributed by atoms with Gasteiger partial charge < -0.3 is 9.47 Å². The molecule has 0 atom stereocenters. The Morgan fingerprint density at radius 2 is 1.37 bits per heavy atom. The van der Waals surface area contributed by atoms with Crippen molar-refractivity contribution in [2.75, 3.05) is 0 Å². The smallest absolute Gasteiger partial charge is 0.225 e. The van der Waals surface area contributed by atoms with Gasteiger partial charge in [-0.1, -0.05) is 60.7 Å². The first-order valence-corrected chi connectivity index (χ1v) is 9.41. The molecule has 0 amide bonds. The highest BCUT2D eigenvalue weighted by Gasteiger charge is 2.18. The van der Waals surface area contributed by atoms with E-state index in [9.17, 15) is 8.78 Å². The molecule has 30 heavy (non-hydrogen) atoms. The van der Waals surface area contributed by atoms with Crippen LogP contribution in [0.15, 0.2) is 84.9 Å². The van der Waals surface area contributed by atoms with E-state index in [1.807, 2.05) is 60.7 Å². The van der Waals surface area contributed by atoms with Crippen molar-refractivity contribution >= 4 is 0 Å². The third-order valence-electron chi connectivity index (χ3n) is 4.45. The van der Waals surface area contributed by atoms with E-state index < -0.39 is 11.6 Å². The van der Waals surface area contributed by atoms with Gasteiger partial charge in [-0.25, -0.2) is 8.78 Å². The average Bonchev–Trinajstić information content (AvgIpc) is 2.78. The number of halogens is 2. The molecule has 3 nitrogen and oxygen atoms in total. The molecule has 0 spiro atoms. The Kier molecular flexibility index (Phi) is 5.99. The molecular formula is C25H18F2NO2. The number of rotatable bonds is 7. The Morgan fingerprint density at radius 1 is 0.733 bits per heavy atom. The van der Waals surface area contributed by atoms with Gasteiger partial charge in [0.25, 0.3) is 0 Å². The summed E-state index contributed by atoms with van der Waals surface area (Å²) in [7, 11) is 0. The first kappa shape index (κ1) is 19.6. The van der Waals surface area contributed by atoms with E-state index >= 15 is 0 Å². The van der Waals surface area contributed by atoms with E-state index in [-0.39, 0.29) is 23.6 Å². The minimum absolute atomic E-state index is 0.0850. The van der Waals surface area contributed by atoms with Gasteiger partial charge in [0.15, 0.2) is 0 Å². The third kappa shape index (κ3) is 4.63. The molecule has 0 saturated carbocycles. The number of benzene rings is 3. The molecule has 1 radical (unpaired) electrons. The van der Waals surface area contributed by atoms with Crippen LogP contribution in [0.5, 0.6) is 11.8 Å². The highest BCUT2D eigenvalue weighted by atomic mass is 19.1. The van der Waals surface area contributed by atoms with Crippen molar-refractivity contribution in [1.82, 2.24) is 4.98 Å². The predicted octanol–water partition coefficient (Wildman–Crippen LogP) is 5.98. The normalized spacial score (nSPS) is 10.6. The molecule has 0 aliphatic heterocycles. The molecule has 4 aromatic rings. The molecule has 149 valence electrons. The van der Waals surface area contributed by atoms with Crippen LogP contribution in [0.2, 0.25) is 0 Å². The SMILES string of the molecule is Fc1[c]ccc(F)c1-c1ccc(OCc2ccccc2)nc1OCc1ccccc1. The van der Waals surface area contributed by atoms with Crippen LogP contribution in [0, 0.1) is 17.7 Å². The number of pyridine rings is 1. The van der Waals surface area contributed by atoms with E-state index in [2.05, 4.69) is 11.1 Å². The van der Waals surface area contributed by atoms with Gasteiger partial charge in [-0.05, 0) is 29.3 Å². The number of hydrogen-bond donors (Lipinski definition) is 0. The van der Waals surface area contributed by atoms with E-state index in [0.717, 1.165) is 17.2 Å². The first-order valence-electron chi connectivity index (χ1n) is 9.41. The lowest BCUT2D eigenvalue weighted by Gasteiger charge is -2.14. The molecule has 0 unspecified atom stereocenters. The zero-order valence-electron chi connectivity index (χ0n) is 16.0. The molecular weight excluding hydrogens is 384 g/mol. The number of hydrogen-bond acceptors (Lipinski definition) is 3. The minimum Gasteiger partial charge on any atom is -0.473 e. The molecule has 1 aromatic heterocycles. The maximum absolute atomic E-state index is 14.4. The van der Waals surface area contributed by atoms with Crippen LogP contribution in [0.3, 0.4) is 0 Å². The number of ether oxygens (including phenoxy) is 2. The molecule has 3 aromatic carbocycles. The summed E-state index contributed by atoms with van der Waals surface area (Å²) in [5.74, 6) is -1.14. The summed E-state index contributed by atoms with van der Waals surface area (Å²) in [5.41, 5.74) is 1.85. The fourth-order valence-electron chi connectivity index (χ4n) is 2.96. The minimum atomic E-state index is -0.806. The fraction of sp³-hybridized carbons (Fsp3) is 0.0800. The zero-order chi connectivity index (χ0) is 20.8. The second kappa shape index (κ2) is 9.18. The Balaban J connectivity index is 1.64. The Labute approximate surface area is 173 Å². The van der Waals surface area contributed by atoms with Crippen molar-refractivity contribution in [3.05, 3.63) is 114 Å². The summed E-state index contributed by atoms with van der Waals surface area (Å²) in [6.07, 6.45) is 0. The van der Waals surface area contributed by atoms with Crippen molar-refractivity contribution < 1.29 is 18.3 Å². The van der Waals surface area contributed by atoms with E-state index in [1.54, 1.807) is 12.1 Å². The van der Waals surface area contributed by atoms with Gasteiger partial charge in [-0.3, -0.25) is 0 Å². The maximum Gasteiger partial charge on any atom is 0.225 e. The van der Waals surface area contributed by atoms with Gasteiger partial charge in [-0.15, -0.1) is 0 Å². The van der Waals surface area contributed by atoms with Crippen LogP contribution in [0.1, 0.15) is 11.1 Å². The van der Waals surface area contributed by atoms with Crippen LogP contribution in [0.25, 0.3) is 11.1 Å². The fourth-order valence-corrected chi connectivity index (χ4v) is 2.96. The monoisotopic (exact) mass is 402 g/mol. The van der Waals surface area contributed by atoms with E-state index in [4.69, 9.17) is 9.47 Å². The lowest BCUT2D eigenvalue weighted by Crippen LogP contribution is -2.03. The molecule has 0 fully saturated rings. The lowest BCUT2D eigenvalue weighted by molar-refractivity contribution is 0.268. The van der Waals surface area contributed by atoms with Gasteiger partial charge in [0.1, 0.15) is 24.8 Å². The molecule has 0 bridgehead atoms. The molecule has 1 heterocycles. The molecule has 0 N–H and O–H groups in total. The van der Waals surface area contributed by atoms with Crippen LogP contribution in [-0.2, 0) is 13.2 Å². The summed E-state index contributed by atoms with van der Waals surface area (Å²) < 4.78 is 40.3. The summed E-state index contributed by atoms with van der Waals surface area (Å²) >= 11 is 0. The number of aromatic nitrogens is 1. The van der Waals surface area contributed by atoms with Gasteiger partial charge in [0, 0.05) is 12.1 Å². The molecule has 0 aliphatic rings. The highest BCUT2D eigenvalue weighted by Crippen LogP contribution is 2.34. The average molecular weight is 402 g/mol. The predicted molar refractivity (Wildman–Crippen MR) is 110 cm³/mol.